The maximum Gasteiger partial charge on any atom is 0.0595 e. The highest BCUT2D eigenvalue weighted by atomic mass is 35.5. The van der Waals surface area contributed by atoms with Gasteiger partial charge in [-0.2, -0.15) is 11.8 Å². The van der Waals surface area contributed by atoms with E-state index in [0.717, 1.165) is 25.6 Å². The van der Waals surface area contributed by atoms with E-state index >= 15 is 0 Å². The Kier molecular flexibility index (Phi) is 7.14. The fraction of sp³-hybridized carbons (Fsp3) is 0.667. The van der Waals surface area contributed by atoms with Gasteiger partial charge in [0.25, 0.3) is 0 Å². The molecule has 1 aromatic rings. The van der Waals surface area contributed by atoms with Gasteiger partial charge < -0.3 is 10.2 Å². The van der Waals surface area contributed by atoms with Crippen LogP contribution in [-0.2, 0) is 0 Å². The van der Waals surface area contributed by atoms with Crippen LogP contribution in [0.1, 0.15) is 17.9 Å². The maximum absolute atomic E-state index is 6.19. The van der Waals surface area contributed by atoms with Crippen LogP contribution in [0.2, 0.25) is 10.0 Å². The normalized spacial score (nSPS) is 21.6. The number of thioether (sulfide) groups is 1. The molecule has 0 amide bonds. The van der Waals surface area contributed by atoms with Crippen LogP contribution in [0, 0.1) is 0 Å². The van der Waals surface area contributed by atoms with Crippen molar-refractivity contribution in [1.29, 1.82) is 0 Å². The summed E-state index contributed by atoms with van der Waals surface area (Å²) >= 11 is 14.3. The number of halogens is 2. The number of likely N-dealkylation sites (N-methyl/N-ethyl adjacent to an activating group) is 1. The van der Waals surface area contributed by atoms with Gasteiger partial charge in [0.2, 0.25) is 0 Å². The topological polar surface area (TPSA) is 18.5 Å². The van der Waals surface area contributed by atoms with Gasteiger partial charge in [0.05, 0.1) is 10.0 Å². The third-order valence-corrected chi connectivity index (χ3v) is 6.84. The molecule has 0 unspecified atom stereocenters. The van der Waals surface area contributed by atoms with Gasteiger partial charge >= 0.3 is 0 Å². The predicted octanol–water partition coefficient (Wildman–Crippen LogP) is 3.42. The first-order valence-electron chi connectivity index (χ1n) is 8.81. The van der Waals surface area contributed by atoms with E-state index in [1.165, 1.54) is 43.2 Å². The Hall–Kier alpha value is 0.0300. The van der Waals surface area contributed by atoms with Gasteiger partial charge in [0, 0.05) is 50.3 Å². The van der Waals surface area contributed by atoms with Crippen molar-refractivity contribution < 1.29 is 0 Å². The second-order valence-corrected chi connectivity index (χ2v) is 8.82. The highest BCUT2D eigenvalue weighted by Crippen LogP contribution is 2.29. The van der Waals surface area contributed by atoms with Crippen LogP contribution in [-0.4, -0.2) is 73.7 Å². The minimum Gasteiger partial charge on any atom is -0.319 e. The van der Waals surface area contributed by atoms with Crippen LogP contribution in [0.25, 0.3) is 0 Å². The summed E-state index contributed by atoms with van der Waals surface area (Å²) in [4.78, 5) is 5.27. The van der Waals surface area contributed by atoms with Crippen molar-refractivity contribution in [2.75, 3.05) is 57.8 Å². The number of hydrogen-bond acceptors (Lipinski definition) is 4. The van der Waals surface area contributed by atoms with Gasteiger partial charge in [-0.05, 0) is 43.6 Å². The van der Waals surface area contributed by atoms with Crippen LogP contribution in [0.5, 0.6) is 0 Å². The monoisotopic (exact) mass is 387 g/mol. The summed E-state index contributed by atoms with van der Waals surface area (Å²) in [5.74, 6) is 3.09. The van der Waals surface area contributed by atoms with E-state index in [1.54, 1.807) is 0 Å². The Morgan fingerprint density at radius 1 is 1.21 bits per heavy atom. The molecule has 24 heavy (non-hydrogen) atoms. The van der Waals surface area contributed by atoms with Crippen LogP contribution >= 0.6 is 35.0 Å². The molecule has 0 aliphatic carbocycles. The lowest BCUT2D eigenvalue weighted by Gasteiger charge is -2.47. The number of nitrogens with zero attached hydrogens (tertiary/aromatic N) is 2. The summed E-state index contributed by atoms with van der Waals surface area (Å²) in [6.07, 6.45) is 1.15. The highest BCUT2D eigenvalue weighted by molar-refractivity contribution is 7.99. The molecule has 0 aromatic heterocycles. The van der Waals surface area contributed by atoms with E-state index in [-0.39, 0.29) is 0 Å². The fourth-order valence-corrected chi connectivity index (χ4v) is 4.87. The van der Waals surface area contributed by atoms with Crippen molar-refractivity contribution >= 4 is 35.0 Å². The van der Waals surface area contributed by atoms with Crippen molar-refractivity contribution in [3.8, 4) is 0 Å². The Morgan fingerprint density at radius 3 is 2.62 bits per heavy atom. The summed E-state index contributed by atoms with van der Waals surface area (Å²) < 4.78 is 0. The molecule has 1 aromatic carbocycles. The predicted molar refractivity (Wildman–Crippen MR) is 107 cm³/mol. The van der Waals surface area contributed by atoms with Gasteiger partial charge in [-0.15, -0.1) is 0 Å². The average Bonchev–Trinajstić information content (AvgIpc) is 2.56. The van der Waals surface area contributed by atoms with Crippen molar-refractivity contribution in [2.45, 2.75) is 18.4 Å². The van der Waals surface area contributed by atoms with E-state index in [1.807, 2.05) is 19.2 Å². The van der Waals surface area contributed by atoms with Gasteiger partial charge in [0.15, 0.2) is 0 Å². The van der Waals surface area contributed by atoms with Gasteiger partial charge in [0.1, 0.15) is 0 Å². The molecule has 3 rings (SSSR count). The first-order valence-corrected chi connectivity index (χ1v) is 10.7. The molecule has 2 aliphatic rings. The lowest BCUT2D eigenvalue weighted by atomic mass is 9.94. The molecule has 0 saturated carbocycles. The Morgan fingerprint density at radius 2 is 1.96 bits per heavy atom. The fourth-order valence-electron chi connectivity index (χ4n) is 3.64. The smallest absolute Gasteiger partial charge is 0.0595 e. The molecule has 0 bridgehead atoms. The molecule has 6 heteroatoms. The van der Waals surface area contributed by atoms with Crippen LogP contribution in [0.15, 0.2) is 18.2 Å². The summed E-state index contributed by atoms with van der Waals surface area (Å²) in [5.41, 5.74) is 1.28. The molecule has 3 nitrogen and oxygen atoms in total. The largest absolute Gasteiger partial charge is 0.319 e. The minimum atomic E-state index is 0.482. The molecule has 1 atom stereocenters. The van der Waals surface area contributed by atoms with Crippen LogP contribution in [0.4, 0.5) is 0 Å². The van der Waals surface area contributed by atoms with E-state index in [9.17, 15) is 0 Å². The van der Waals surface area contributed by atoms with Gasteiger partial charge in [-0.25, -0.2) is 0 Å². The molecule has 0 spiro atoms. The zero-order valence-corrected chi connectivity index (χ0v) is 16.6. The van der Waals surface area contributed by atoms with Gasteiger partial charge in [-0.3, -0.25) is 4.90 Å². The van der Waals surface area contributed by atoms with Gasteiger partial charge in [-0.1, -0.05) is 29.3 Å². The lowest BCUT2D eigenvalue weighted by Crippen LogP contribution is -2.60. The molecule has 2 heterocycles. The molecule has 2 fully saturated rings. The summed E-state index contributed by atoms with van der Waals surface area (Å²) in [6.45, 7) is 7.14. The number of nitrogens with one attached hydrogen (secondary N) is 1. The molecule has 0 radical (unpaired) electrons. The highest BCUT2D eigenvalue weighted by Gasteiger charge is 2.32. The molecule has 1 N–H and O–H groups in total. The van der Waals surface area contributed by atoms with Crippen molar-refractivity contribution in [3.63, 3.8) is 0 Å². The summed E-state index contributed by atoms with van der Waals surface area (Å²) in [6, 6.07) is 6.84. The average molecular weight is 388 g/mol. The Labute approximate surface area is 160 Å². The van der Waals surface area contributed by atoms with E-state index in [0.29, 0.717) is 16.0 Å². The molecule has 134 valence electrons. The standard InChI is InChI=1S/C18H27Cl2N3S/c1-21-11-15(14-2-3-17(19)18(20)10-14)4-5-22-12-16(13-22)23-6-8-24-9-7-23/h2-3,10,15-16,21H,4-9,11-13H2,1H3/t15-/m1/s1. The zero-order valence-electron chi connectivity index (χ0n) is 14.3. The van der Waals surface area contributed by atoms with E-state index < -0.39 is 0 Å². The Balaban J connectivity index is 1.47. The van der Waals surface area contributed by atoms with E-state index in [2.05, 4.69) is 32.9 Å². The molecular formula is C18H27Cl2N3S. The third-order valence-electron chi connectivity index (χ3n) is 5.16. The second-order valence-electron chi connectivity index (χ2n) is 6.78. The maximum atomic E-state index is 6.19. The SMILES string of the molecule is CNC[C@@H](CCN1CC(N2CCSCC2)C1)c1ccc(Cl)c(Cl)c1. The van der Waals surface area contributed by atoms with E-state index in [4.69, 9.17) is 23.2 Å². The van der Waals surface area contributed by atoms with Crippen LogP contribution in [0.3, 0.4) is 0 Å². The first kappa shape index (κ1) is 18.8. The number of rotatable bonds is 7. The van der Waals surface area contributed by atoms with Crippen molar-refractivity contribution in [2.24, 2.45) is 0 Å². The molecule has 2 saturated heterocycles. The first-order chi connectivity index (χ1) is 11.7. The number of benzene rings is 1. The number of likely N-dealkylation sites (tertiary alicyclic amines) is 1. The zero-order chi connectivity index (χ0) is 16.9. The summed E-state index contributed by atoms with van der Waals surface area (Å²) in [5, 5.41) is 4.60. The Bertz CT molecular complexity index is 531. The molecule has 2 aliphatic heterocycles. The quantitative estimate of drug-likeness (QED) is 0.771. The third kappa shape index (κ3) is 4.80. The molecular weight excluding hydrogens is 361 g/mol. The van der Waals surface area contributed by atoms with Crippen LogP contribution < -0.4 is 5.32 Å². The van der Waals surface area contributed by atoms with Crippen molar-refractivity contribution in [3.05, 3.63) is 33.8 Å². The second kappa shape index (κ2) is 9.11. The van der Waals surface area contributed by atoms with Crippen molar-refractivity contribution in [1.82, 2.24) is 15.1 Å². The lowest BCUT2D eigenvalue weighted by molar-refractivity contribution is 0.0379. The summed E-state index contributed by atoms with van der Waals surface area (Å²) in [7, 11) is 2.01. The number of hydrogen-bond donors (Lipinski definition) is 1. The minimum absolute atomic E-state index is 0.482.